The predicted molar refractivity (Wildman–Crippen MR) is 83.0 cm³/mol. The van der Waals surface area contributed by atoms with Crippen LogP contribution in [0.4, 0.5) is 11.5 Å². The molecule has 1 amide bonds. The molecule has 0 unspecified atom stereocenters. The quantitative estimate of drug-likeness (QED) is 0.900. The van der Waals surface area contributed by atoms with Gasteiger partial charge in [0, 0.05) is 17.2 Å². The Hall–Kier alpha value is -1.95. The first-order valence-electron chi connectivity index (χ1n) is 6.23. The van der Waals surface area contributed by atoms with Gasteiger partial charge in [0.1, 0.15) is 11.5 Å². The lowest BCUT2D eigenvalue weighted by atomic mass is 10.3. The summed E-state index contributed by atoms with van der Waals surface area (Å²) < 4.78 is 0.906. The molecule has 2 aromatic heterocycles. The summed E-state index contributed by atoms with van der Waals surface area (Å²) in [4.78, 5) is 20.3. The molecule has 5 nitrogen and oxygen atoms in total. The van der Waals surface area contributed by atoms with Crippen LogP contribution in [0.2, 0.25) is 0 Å². The molecular weight excluding hydrogens is 320 g/mol. The van der Waals surface area contributed by atoms with E-state index in [0.29, 0.717) is 11.5 Å². The van der Waals surface area contributed by atoms with Gasteiger partial charge in [-0.05, 0) is 53.5 Å². The van der Waals surface area contributed by atoms with Gasteiger partial charge in [0.15, 0.2) is 0 Å². The maximum absolute atomic E-state index is 12.0. The zero-order valence-corrected chi connectivity index (χ0v) is 12.9. The molecule has 2 heterocycles. The standard InChI is InChI=1S/C14H15BrN4O/c1-3-16-10-4-5-12(17-7-10)14(20)19-13-6-9(2)11(15)8-18-13/h4-8,16H,3H2,1-2H3,(H,18,19,20). The van der Waals surface area contributed by atoms with Gasteiger partial charge >= 0.3 is 0 Å². The SMILES string of the molecule is CCNc1ccc(C(=O)Nc2cc(C)c(Br)cn2)nc1. The number of carbonyl (C=O) groups excluding carboxylic acids is 1. The summed E-state index contributed by atoms with van der Waals surface area (Å²) in [7, 11) is 0. The Morgan fingerprint density at radius 3 is 2.70 bits per heavy atom. The van der Waals surface area contributed by atoms with E-state index < -0.39 is 0 Å². The zero-order valence-electron chi connectivity index (χ0n) is 11.3. The molecule has 0 bridgehead atoms. The molecule has 0 atom stereocenters. The minimum Gasteiger partial charge on any atom is -0.384 e. The fourth-order valence-electron chi connectivity index (χ4n) is 1.62. The van der Waals surface area contributed by atoms with Crippen LogP contribution in [0, 0.1) is 6.92 Å². The maximum Gasteiger partial charge on any atom is 0.275 e. The van der Waals surface area contributed by atoms with Gasteiger partial charge in [-0.1, -0.05) is 0 Å². The van der Waals surface area contributed by atoms with Crippen molar-refractivity contribution in [3.8, 4) is 0 Å². The number of hydrogen-bond acceptors (Lipinski definition) is 4. The number of nitrogens with zero attached hydrogens (tertiary/aromatic N) is 2. The van der Waals surface area contributed by atoms with Crippen LogP contribution in [0.25, 0.3) is 0 Å². The summed E-state index contributed by atoms with van der Waals surface area (Å²) in [6.07, 6.45) is 3.30. The van der Waals surface area contributed by atoms with Crippen LogP contribution in [-0.2, 0) is 0 Å². The minimum atomic E-state index is -0.276. The first kappa shape index (κ1) is 14.5. The van der Waals surface area contributed by atoms with Crippen molar-refractivity contribution in [1.82, 2.24) is 9.97 Å². The molecule has 104 valence electrons. The summed E-state index contributed by atoms with van der Waals surface area (Å²) in [5.41, 5.74) is 2.25. The van der Waals surface area contributed by atoms with Gasteiger partial charge in [-0.15, -0.1) is 0 Å². The van der Waals surface area contributed by atoms with Gasteiger partial charge in [0.2, 0.25) is 0 Å². The van der Waals surface area contributed by atoms with Gasteiger partial charge < -0.3 is 10.6 Å². The Morgan fingerprint density at radius 1 is 1.30 bits per heavy atom. The van der Waals surface area contributed by atoms with Crippen LogP contribution in [0.15, 0.2) is 35.1 Å². The Balaban J connectivity index is 2.09. The fourth-order valence-corrected chi connectivity index (χ4v) is 1.84. The van der Waals surface area contributed by atoms with Gasteiger partial charge in [0.05, 0.1) is 11.9 Å². The minimum absolute atomic E-state index is 0.276. The van der Waals surface area contributed by atoms with E-state index in [1.165, 1.54) is 0 Å². The summed E-state index contributed by atoms with van der Waals surface area (Å²) in [6, 6.07) is 5.31. The fraction of sp³-hybridized carbons (Fsp3) is 0.214. The Morgan fingerprint density at radius 2 is 2.10 bits per heavy atom. The van der Waals surface area contributed by atoms with Crippen molar-refractivity contribution in [2.24, 2.45) is 0 Å². The summed E-state index contributed by atoms with van der Waals surface area (Å²) >= 11 is 3.37. The van der Waals surface area contributed by atoms with Gasteiger partial charge in [0.25, 0.3) is 5.91 Å². The average molecular weight is 335 g/mol. The van der Waals surface area contributed by atoms with Crippen LogP contribution < -0.4 is 10.6 Å². The van der Waals surface area contributed by atoms with Gasteiger partial charge in [-0.25, -0.2) is 9.97 Å². The molecule has 0 aromatic carbocycles. The molecule has 0 aliphatic carbocycles. The number of nitrogens with one attached hydrogen (secondary N) is 2. The van der Waals surface area contributed by atoms with Crippen molar-refractivity contribution < 1.29 is 4.79 Å². The third-order valence-electron chi connectivity index (χ3n) is 2.67. The molecule has 2 N–H and O–H groups in total. The van der Waals surface area contributed by atoms with Crippen LogP contribution in [0.1, 0.15) is 23.0 Å². The maximum atomic E-state index is 12.0. The molecule has 2 rings (SSSR count). The van der Waals surface area contributed by atoms with Gasteiger partial charge in [-0.2, -0.15) is 0 Å². The second-order valence-electron chi connectivity index (χ2n) is 4.24. The number of aromatic nitrogens is 2. The molecule has 0 spiro atoms. The van der Waals surface area contributed by atoms with Crippen LogP contribution in [0.5, 0.6) is 0 Å². The Labute approximate surface area is 126 Å². The monoisotopic (exact) mass is 334 g/mol. The topological polar surface area (TPSA) is 66.9 Å². The van der Waals surface area contributed by atoms with Crippen LogP contribution in [0.3, 0.4) is 0 Å². The second kappa shape index (κ2) is 6.47. The Bertz CT molecular complexity index is 613. The number of halogens is 1. The first-order chi connectivity index (χ1) is 9.60. The molecule has 0 saturated heterocycles. The number of aryl methyl sites for hydroxylation is 1. The summed E-state index contributed by atoms with van der Waals surface area (Å²) in [5, 5.41) is 5.85. The molecule has 0 aliphatic rings. The van der Waals surface area contributed by atoms with E-state index in [1.807, 2.05) is 19.9 Å². The van der Waals surface area contributed by atoms with Crippen molar-refractivity contribution in [3.63, 3.8) is 0 Å². The number of rotatable bonds is 4. The third kappa shape index (κ3) is 3.54. The highest BCUT2D eigenvalue weighted by Gasteiger charge is 2.09. The van der Waals surface area contributed by atoms with Crippen molar-refractivity contribution in [2.75, 3.05) is 17.2 Å². The van der Waals surface area contributed by atoms with E-state index in [2.05, 4.69) is 36.5 Å². The normalized spacial score (nSPS) is 10.2. The van der Waals surface area contributed by atoms with E-state index in [-0.39, 0.29) is 5.91 Å². The van der Waals surface area contributed by atoms with Crippen molar-refractivity contribution >= 4 is 33.3 Å². The molecule has 2 aromatic rings. The summed E-state index contributed by atoms with van der Waals surface area (Å²) in [6.45, 7) is 4.75. The number of amides is 1. The van der Waals surface area contributed by atoms with Crippen LogP contribution in [-0.4, -0.2) is 22.4 Å². The second-order valence-corrected chi connectivity index (χ2v) is 5.09. The molecule has 0 aliphatic heterocycles. The molecule has 6 heteroatoms. The zero-order chi connectivity index (χ0) is 14.5. The largest absolute Gasteiger partial charge is 0.384 e. The Kier molecular flexibility index (Phi) is 4.68. The van der Waals surface area contributed by atoms with E-state index in [1.54, 1.807) is 24.5 Å². The lowest BCUT2D eigenvalue weighted by molar-refractivity contribution is 0.102. The number of pyridine rings is 2. The predicted octanol–water partition coefficient (Wildman–Crippen LogP) is 3.23. The lowest BCUT2D eigenvalue weighted by Gasteiger charge is -2.07. The van der Waals surface area contributed by atoms with E-state index >= 15 is 0 Å². The van der Waals surface area contributed by atoms with Crippen molar-refractivity contribution in [3.05, 3.63) is 46.3 Å². The number of anilines is 2. The highest BCUT2D eigenvalue weighted by atomic mass is 79.9. The molecule has 20 heavy (non-hydrogen) atoms. The first-order valence-corrected chi connectivity index (χ1v) is 7.03. The molecule has 0 radical (unpaired) electrons. The summed E-state index contributed by atoms with van der Waals surface area (Å²) in [5.74, 6) is 0.232. The number of carbonyl (C=O) groups is 1. The smallest absolute Gasteiger partial charge is 0.275 e. The van der Waals surface area contributed by atoms with Gasteiger partial charge in [-0.3, -0.25) is 4.79 Å². The van der Waals surface area contributed by atoms with E-state index in [9.17, 15) is 4.79 Å². The van der Waals surface area contributed by atoms with E-state index in [0.717, 1.165) is 22.3 Å². The van der Waals surface area contributed by atoms with Crippen molar-refractivity contribution in [2.45, 2.75) is 13.8 Å². The molecular formula is C14H15BrN4O. The highest BCUT2D eigenvalue weighted by molar-refractivity contribution is 9.10. The highest BCUT2D eigenvalue weighted by Crippen LogP contribution is 2.17. The van der Waals surface area contributed by atoms with E-state index in [4.69, 9.17) is 0 Å². The number of hydrogen-bond donors (Lipinski definition) is 2. The molecule has 0 saturated carbocycles. The average Bonchev–Trinajstić information content (AvgIpc) is 2.44. The molecule has 0 fully saturated rings. The third-order valence-corrected chi connectivity index (χ3v) is 3.50. The van der Waals surface area contributed by atoms with Crippen molar-refractivity contribution in [1.29, 1.82) is 0 Å². The van der Waals surface area contributed by atoms with Crippen LogP contribution >= 0.6 is 15.9 Å². The lowest BCUT2D eigenvalue weighted by Crippen LogP contribution is -2.14.